The van der Waals surface area contributed by atoms with E-state index < -0.39 is 0 Å². The van der Waals surface area contributed by atoms with Gasteiger partial charge in [0.15, 0.2) is 0 Å². The highest BCUT2D eigenvalue weighted by Crippen LogP contribution is 2.30. The van der Waals surface area contributed by atoms with E-state index in [2.05, 4.69) is 5.32 Å². The van der Waals surface area contributed by atoms with E-state index in [4.69, 9.17) is 6.92 Å². The summed E-state index contributed by atoms with van der Waals surface area (Å²) in [6.45, 7) is 7.68. The highest BCUT2D eigenvalue weighted by Gasteiger charge is 2.29. The van der Waals surface area contributed by atoms with Gasteiger partial charge >= 0.3 is 0 Å². The maximum Gasteiger partial charge on any atom is 0.227 e. The number of carbonyl (C=O) groups excluding carboxylic acids is 1. The molecule has 2 radical (unpaired) electrons. The summed E-state index contributed by atoms with van der Waals surface area (Å²) in [5.41, 5.74) is 2.55. The molecule has 1 saturated carbocycles. The molecule has 1 fully saturated rings. The lowest BCUT2D eigenvalue weighted by Gasteiger charge is -2.06. The first-order valence-electron chi connectivity index (χ1n) is 4.84. The van der Waals surface area contributed by atoms with E-state index >= 15 is 0 Å². The molecule has 2 heteroatoms. The van der Waals surface area contributed by atoms with E-state index in [1.54, 1.807) is 6.07 Å². The number of carbonyl (C=O) groups is 1. The molecule has 1 aliphatic rings. The molecule has 0 aromatic heterocycles. The van der Waals surface area contributed by atoms with Gasteiger partial charge in [-0.1, -0.05) is 6.07 Å². The number of aryl methyl sites for hydroxylation is 1. The second-order valence-corrected chi connectivity index (χ2v) is 3.83. The van der Waals surface area contributed by atoms with E-state index in [1.807, 2.05) is 19.1 Å². The van der Waals surface area contributed by atoms with Crippen LogP contribution in [0.1, 0.15) is 24.0 Å². The predicted molar refractivity (Wildman–Crippen MR) is 55.9 cm³/mol. The molecule has 72 valence electrons. The normalized spacial score (nSPS) is 15.3. The van der Waals surface area contributed by atoms with Gasteiger partial charge in [-0.15, -0.1) is 0 Å². The van der Waals surface area contributed by atoms with Gasteiger partial charge in [0.25, 0.3) is 0 Å². The maximum absolute atomic E-state index is 11.4. The third-order valence-electron chi connectivity index (χ3n) is 2.49. The SMILES string of the molecule is [CH]c1cc(NC(=O)C2CC2)ccc1C. The molecule has 0 unspecified atom stereocenters. The molecule has 1 N–H and O–H groups in total. The Balaban J connectivity index is 2.08. The molecule has 14 heavy (non-hydrogen) atoms. The van der Waals surface area contributed by atoms with E-state index in [0.717, 1.165) is 29.7 Å². The fraction of sp³-hybridized carbons (Fsp3) is 0.333. The van der Waals surface area contributed by atoms with Crippen LogP contribution in [-0.2, 0) is 4.79 Å². The molecule has 0 saturated heterocycles. The first kappa shape index (κ1) is 9.25. The molecule has 2 rings (SSSR count). The van der Waals surface area contributed by atoms with Gasteiger partial charge in [-0.2, -0.15) is 0 Å². The van der Waals surface area contributed by atoms with Crippen LogP contribution in [0.25, 0.3) is 0 Å². The molecule has 1 aromatic rings. The number of benzene rings is 1. The van der Waals surface area contributed by atoms with Crippen LogP contribution in [0.3, 0.4) is 0 Å². The van der Waals surface area contributed by atoms with Crippen molar-refractivity contribution in [1.29, 1.82) is 0 Å². The summed E-state index contributed by atoms with van der Waals surface area (Å²) in [5, 5.41) is 2.85. The molecular weight excluding hydrogens is 174 g/mol. The van der Waals surface area contributed by atoms with Crippen LogP contribution in [0.5, 0.6) is 0 Å². The number of amides is 1. The predicted octanol–water partition coefficient (Wildman–Crippen LogP) is 2.40. The van der Waals surface area contributed by atoms with Crippen LogP contribution in [-0.4, -0.2) is 5.91 Å². The monoisotopic (exact) mass is 187 g/mol. The Bertz CT molecular complexity index is 367. The summed E-state index contributed by atoms with van der Waals surface area (Å²) in [6, 6.07) is 5.60. The number of hydrogen-bond acceptors (Lipinski definition) is 1. The second kappa shape index (κ2) is 3.45. The summed E-state index contributed by atoms with van der Waals surface area (Å²) < 4.78 is 0. The van der Waals surface area contributed by atoms with Crippen molar-refractivity contribution in [2.24, 2.45) is 5.92 Å². The minimum Gasteiger partial charge on any atom is -0.326 e. The zero-order valence-electron chi connectivity index (χ0n) is 8.21. The lowest BCUT2D eigenvalue weighted by atomic mass is 10.1. The number of nitrogens with one attached hydrogen (secondary N) is 1. The van der Waals surface area contributed by atoms with Crippen LogP contribution >= 0.6 is 0 Å². The highest BCUT2D eigenvalue weighted by atomic mass is 16.2. The van der Waals surface area contributed by atoms with Crippen LogP contribution in [0.2, 0.25) is 0 Å². The largest absolute Gasteiger partial charge is 0.326 e. The maximum atomic E-state index is 11.4. The molecule has 0 atom stereocenters. The Morgan fingerprint density at radius 2 is 2.21 bits per heavy atom. The van der Waals surface area contributed by atoms with Gasteiger partial charge in [-0.3, -0.25) is 4.79 Å². The molecule has 0 spiro atoms. The van der Waals surface area contributed by atoms with Crippen molar-refractivity contribution in [3.8, 4) is 0 Å². The lowest BCUT2D eigenvalue weighted by molar-refractivity contribution is -0.117. The van der Waals surface area contributed by atoms with Crippen molar-refractivity contribution >= 4 is 11.6 Å². The second-order valence-electron chi connectivity index (χ2n) is 3.83. The minimum atomic E-state index is 0.119. The van der Waals surface area contributed by atoms with Crippen LogP contribution < -0.4 is 5.32 Å². The molecule has 0 heterocycles. The Hall–Kier alpha value is -1.31. The number of anilines is 1. The molecule has 0 aliphatic heterocycles. The third kappa shape index (κ3) is 1.95. The zero-order chi connectivity index (χ0) is 10.1. The summed E-state index contributed by atoms with van der Waals surface area (Å²) >= 11 is 0. The topological polar surface area (TPSA) is 29.1 Å². The van der Waals surface area contributed by atoms with Crippen molar-refractivity contribution in [2.75, 3.05) is 5.32 Å². The van der Waals surface area contributed by atoms with Gasteiger partial charge in [-0.05, 0) is 49.9 Å². The van der Waals surface area contributed by atoms with Crippen molar-refractivity contribution in [3.05, 3.63) is 36.2 Å². The first-order chi connectivity index (χ1) is 6.66. The van der Waals surface area contributed by atoms with Crippen LogP contribution in [0.4, 0.5) is 5.69 Å². The van der Waals surface area contributed by atoms with Gasteiger partial charge in [0.1, 0.15) is 0 Å². The smallest absolute Gasteiger partial charge is 0.227 e. The Kier molecular flexibility index (Phi) is 2.28. The van der Waals surface area contributed by atoms with Crippen molar-refractivity contribution in [2.45, 2.75) is 19.8 Å². The Morgan fingerprint density at radius 1 is 1.50 bits per heavy atom. The summed E-state index contributed by atoms with van der Waals surface area (Å²) in [6.07, 6.45) is 2.04. The Morgan fingerprint density at radius 3 is 2.79 bits per heavy atom. The number of hydrogen-bond donors (Lipinski definition) is 1. The van der Waals surface area contributed by atoms with Crippen molar-refractivity contribution < 1.29 is 4.79 Å². The average Bonchev–Trinajstić information content (AvgIpc) is 2.94. The average molecular weight is 187 g/mol. The minimum absolute atomic E-state index is 0.119. The molecule has 1 amide bonds. The van der Waals surface area contributed by atoms with Gasteiger partial charge in [0.05, 0.1) is 0 Å². The fourth-order valence-corrected chi connectivity index (χ4v) is 1.31. The Labute approximate surface area is 84.3 Å². The zero-order valence-corrected chi connectivity index (χ0v) is 8.21. The molecule has 0 bridgehead atoms. The summed E-state index contributed by atoms with van der Waals surface area (Å²) in [5.74, 6) is 0.353. The van der Waals surface area contributed by atoms with Gasteiger partial charge in [0, 0.05) is 11.6 Å². The van der Waals surface area contributed by atoms with E-state index in [0.29, 0.717) is 0 Å². The summed E-state index contributed by atoms with van der Waals surface area (Å²) in [4.78, 5) is 11.4. The summed E-state index contributed by atoms with van der Waals surface area (Å²) in [7, 11) is 0. The highest BCUT2D eigenvalue weighted by molar-refractivity contribution is 5.94. The van der Waals surface area contributed by atoms with E-state index in [-0.39, 0.29) is 11.8 Å². The van der Waals surface area contributed by atoms with Crippen LogP contribution in [0.15, 0.2) is 18.2 Å². The molecule has 1 aromatic carbocycles. The lowest BCUT2D eigenvalue weighted by Crippen LogP contribution is -2.13. The van der Waals surface area contributed by atoms with Gasteiger partial charge in [-0.25, -0.2) is 0 Å². The van der Waals surface area contributed by atoms with Crippen molar-refractivity contribution in [1.82, 2.24) is 0 Å². The van der Waals surface area contributed by atoms with E-state index in [1.165, 1.54) is 0 Å². The van der Waals surface area contributed by atoms with Gasteiger partial charge in [0.2, 0.25) is 5.91 Å². The molecular formula is C12H13NO. The quantitative estimate of drug-likeness (QED) is 0.756. The third-order valence-corrected chi connectivity index (χ3v) is 2.49. The fourth-order valence-electron chi connectivity index (χ4n) is 1.31. The number of rotatable bonds is 2. The molecule has 1 aliphatic carbocycles. The van der Waals surface area contributed by atoms with E-state index in [9.17, 15) is 4.79 Å². The standard InChI is InChI=1S/C12H13NO/c1-8-3-6-11(7-9(8)2)13-12(14)10-4-5-10/h2-3,6-7,10H,4-5H2,1H3,(H,13,14). The molecule has 2 nitrogen and oxygen atoms in total. The van der Waals surface area contributed by atoms with Crippen molar-refractivity contribution in [3.63, 3.8) is 0 Å². The van der Waals surface area contributed by atoms with Gasteiger partial charge < -0.3 is 5.32 Å². The van der Waals surface area contributed by atoms with Crippen LogP contribution in [0, 0.1) is 19.8 Å². The first-order valence-corrected chi connectivity index (χ1v) is 4.84.